The molecule has 0 N–H and O–H groups in total. The number of thioether (sulfide) groups is 1. The molecular formula is C15H14N2O3S. The Morgan fingerprint density at radius 2 is 2.00 bits per heavy atom. The molecule has 0 aliphatic rings. The van der Waals surface area contributed by atoms with Crippen LogP contribution in [0.1, 0.15) is 5.76 Å². The summed E-state index contributed by atoms with van der Waals surface area (Å²) in [7, 11) is 0. The molecule has 2 heterocycles. The minimum absolute atomic E-state index is 0.479. The fraction of sp³-hybridized carbons (Fsp3) is 0.200. The molecular weight excluding hydrogens is 288 g/mol. The van der Waals surface area contributed by atoms with Gasteiger partial charge < -0.3 is 13.6 Å². The van der Waals surface area contributed by atoms with Crippen molar-refractivity contribution in [3.8, 4) is 17.2 Å². The van der Waals surface area contributed by atoms with Gasteiger partial charge in [-0.05, 0) is 25.1 Å². The first-order chi connectivity index (χ1) is 10.3. The predicted molar refractivity (Wildman–Crippen MR) is 79.4 cm³/mol. The Labute approximate surface area is 126 Å². The number of aryl methyl sites for hydroxylation is 1. The van der Waals surface area contributed by atoms with Crippen molar-refractivity contribution < 1.29 is 13.6 Å². The molecule has 0 aliphatic carbocycles. The molecule has 0 atom stereocenters. The topological polar surface area (TPSA) is 61.3 Å². The van der Waals surface area contributed by atoms with Gasteiger partial charge in [-0.3, -0.25) is 0 Å². The maximum Gasteiger partial charge on any atom is 0.276 e. The molecule has 2 aromatic heterocycles. The van der Waals surface area contributed by atoms with Crippen molar-refractivity contribution in [1.82, 2.24) is 10.2 Å². The number of hydrogen-bond acceptors (Lipinski definition) is 6. The molecule has 0 saturated carbocycles. The van der Waals surface area contributed by atoms with Crippen LogP contribution in [0.2, 0.25) is 0 Å². The second kappa shape index (κ2) is 6.49. The summed E-state index contributed by atoms with van der Waals surface area (Å²) in [6.07, 6.45) is 1.61. The Morgan fingerprint density at radius 3 is 2.76 bits per heavy atom. The van der Waals surface area contributed by atoms with Crippen molar-refractivity contribution in [2.24, 2.45) is 0 Å². The Hall–Kier alpha value is -2.21. The van der Waals surface area contributed by atoms with Crippen LogP contribution in [0.5, 0.6) is 5.75 Å². The highest BCUT2D eigenvalue weighted by atomic mass is 32.2. The van der Waals surface area contributed by atoms with E-state index in [1.807, 2.05) is 43.3 Å². The average Bonchev–Trinajstić information content (AvgIpc) is 3.13. The number of aromatic nitrogens is 2. The van der Waals surface area contributed by atoms with Gasteiger partial charge in [0.1, 0.15) is 11.5 Å². The van der Waals surface area contributed by atoms with Gasteiger partial charge >= 0.3 is 0 Å². The largest absolute Gasteiger partial charge is 0.493 e. The summed E-state index contributed by atoms with van der Waals surface area (Å²) in [4.78, 5) is 0. The van der Waals surface area contributed by atoms with Crippen LogP contribution in [0.15, 0.2) is 56.7 Å². The van der Waals surface area contributed by atoms with E-state index in [2.05, 4.69) is 10.2 Å². The van der Waals surface area contributed by atoms with Gasteiger partial charge in [0.2, 0.25) is 0 Å². The summed E-state index contributed by atoms with van der Waals surface area (Å²) in [5, 5.41) is 8.55. The zero-order chi connectivity index (χ0) is 14.5. The van der Waals surface area contributed by atoms with Gasteiger partial charge in [0.05, 0.1) is 18.4 Å². The zero-order valence-corrected chi connectivity index (χ0v) is 12.3. The third kappa shape index (κ3) is 3.46. The van der Waals surface area contributed by atoms with E-state index in [4.69, 9.17) is 13.6 Å². The molecule has 6 heteroatoms. The molecule has 3 aromatic rings. The van der Waals surface area contributed by atoms with Crippen LogP contribution >= 0.6 is 11.8 Å². The molecule has 0 saturated heterocycles. The summed E-state index contributed by atoms with van der Waals surface area (Å²) >= 11 is 1.47. The number of rotatable bonds is 6. The molecule has 0 unspecified atom stereocenters. The van der Waals surface area contributed by atoms with Crippen molar-refractivity contribution >= 4 is 11.8 Å². The minimum Gasteiger partial charge on any atom is -0.493 e. The van der Waals surface area contributed by atoms with Gasteiger partial charge in [0.25, 0.3) is 11.1 Å². The van der Waals surface area contributed by atoms with Crippen molar-refractivity contribution in [2.45, 2.75) is 12.1 Å². The van der Waals surface area contributed by atoms with Crippen molar-refractivity contribution in [1.29, 1.82) is 0 Å². The Bertz CT molecular complexity index is 694. The monoisotopic (exact) mass is 302 g/mol. The molecule has 0 bridgehead atoms. The van der Waals surface area contributed by atoms with Crippen LogP contribution in [0, 0.1) is 6.92 Å². The van der Waals surface area contributed by atoms with Crippen LogP contribution in [-0.2, 0) is 0 Å². The van der Waals surface area contributed by atoms with E-state index in [9.17, 15) is 0 Å². The number of ether oxygens (including phenoxy) is 1. The second-order valence-electron chi connectivity index (χ2n) is 4.27. The molecule has 0 radical (unpaired) electrons. The van der Waals surface area contributed by atoms with Gasteiger partial charge in [-0.25, -0.2) is 0 Å². The number of para-hydroxylation sites is 1. The fourth-order valence-corrected chi connectivity index (χ4v) is 2.37. The van der Waals surface area contributed by atoms with Crippen LogP contribution < -0.4 is 4.74 Å². The molecule has 0 amide bonds. The summed E-state index contributed by atoms with van der Waals surface area (Å²) < 4.78 is 16.4. The second-order valence-corrected chi connectivity index (χ2v) is 5.32. The van der Waals surface area contributed by atoms with Crippen LogP contribution in [0.4, 0.5) is 0 Å². The van der Waals surface area contributed by atoms with E-state index < -0.39 is 0 Å². The molecule has 5 nitrogen and oxygen atoms in total. The van der Waals surface area contributed by atoms with Crippen molar-refractivity contribution in [2.75, 3.05) is 12.4 Å². The van der Waals surface area contributed by atoms with Gasteiger partial charge in [-0.1, -0.05) is 30.0 Å². The standard InChI is InChI=1S/C15H14N2O3S/c1-11-13(7-8-18-11)14-16-17-15(20-14)21-10-9-19-12-5-3-2-4-6-12/h2-8H,9-10H2,1H3. The van der Waals surface area contributed by atoms with Crippen LogP contribution in [0.25, 0.3) is 11.5 Å². The van der Waals surface area contributed by atoms with Gasteiger partial charge in [-0.15, -0.1) is 10.2 Å². The van der Waals surface area contributed by atoms with E-state index in [0.717, 1.165) is 22.8 Å². The fourth-order valence-electron chi connectivity index (χ4n) is 1.79. The number of hydrogen-bond donors (Lipinski definition) is 0. The Balaban J connectivity index is 1.50. The lowest BCUT2D eigenvalue weighted by atomic mass is 10.3. The highest BCUT2D eigenvalue weighted by Gasteiger charge is 2.12. The number of benzene rings is 1. The Kier molecular flexibility index (Phi) is 4.25. The number of nitrogens with zero attached hydrogens (tertiary/aromatic N) is 2. The summed E-state index contributed by atoms with van der Waals surface area (Å²) in [6, 6.07) is 11.5. The van der Waals surface area contributed by atoms with Crippen LogP contribution in [-0.4, -0.2) is 22.6 Å². The van der Waals surface area contributed by atoms with Crippen LogP contribution in [0.3, 0.4) is 0 Å². The normalized spacial score (nSPS) is 10.7. The van der Waals surface area contributed by atoms with E-state index >= 15 is 0 Å². The highest BCUT2D eigenvalue weighted by molar-refractivity contribution is 7.99. The van der Waals surface area contributed by atoms with Gasteiger partial charge in [0.15, 0.2) is 0 Å². The number of furan rings is 1. The van der Waals surface area contributed by atoms with E-state index in [-0.39, 0.29) is 0 Å². The third-order valence-corrected chi connectivity index (χ3v) is 3.60. The molecule has 1 aromatic carbocycles. The lowest BCUT2D eigenvalue weighted by Crippen LogP contribution is -1.99. The van der Waals surface area contributed by atoms with E-state index in [1.165, 1.54) is 11.8 Å². The van der Waals surface area contributed by atoms with Crippen molar-refractivity contribution in [3.63, 3.8) is 0 Å². The molecule has 21 heavy (non-hydrogen) atoms. The quantitative estimate of drug-likeness (QED) is 0.509. The summed E-state index contributed by atoms with van der Waals surface area (Å²) in [5.74, 6) is 2.84. The average molecular weight is 302 g/mol. The van der Waals surface area contributed by atoms with Gasteiger partial charge in [-0.2, -0.15) is 0 Å². The van der Waals surface area contributed by atoms with E-state index in [1.54, 1.807) is 6.26 Å². The lowest BCUT2D eigenvalue weighted by Gasteiger charge is -2.03. The predicted octanol–water partition coefficient (Wildman–Crippen LogP) is 3.81. The maximum absolute atomic E-state index is 5.60. The minimum atomic E-state index is 0.479. The van der Waals surface area contributed by atoms with Gasteiger partial charge in [0, 0.05) is 5.75 Å². The summed E-state index contributed by atoms with van der Waals surface area (Å²) in [6.45, 7) is 2.44. The first-order valence-corrected chi connectivity index (χ1v) is 7.50. The molecule has 3 rings (SSSR count). The molecule has 0 fully saturated rings. The lowest BCUT2D eigenvalue weighted by molar-refractivity contribution is 0.343. The first kappa shape index (κ1) is 13.8. The highest BCUT2D eigenvalue weighted by Crippen LogP contribution is 2.26. The van der Waals surface area contributed by atoms with Crippen molar-refractivity contribution in [3.05, 3.63) is 48.4 Å². The smallest absolute Gasteiger partial charge is 0.276 e. The van der Waals surface area contributed by atoms with E-state index in [0.29, 0.717) is 17.7 Å². The first-order valence-electron chi connectivity index (χ1n) is 6.51. The molecule has 108 valence electrons. The SMILES string of the molecule is Cc1occc1-c1nnc(SCCOc2ccccc2)o1. The molecule has 0 aliphatic heterocycles. The maximum atomic E-state index is 5.60. The molecule has 0 spiro atoms. The Morgan fingerprint density at radius 1 is 1.14 bits per heavy atom. The third-order valence-electron chi connectivity index (χ3n) is 2.82. The zero-order valence-electron chi connectivity index (χ0n) is 11.5. The summed E-state index contributed by atoms with van der Waals surface area (Å²) in [5.41, 5.74) is 0.829.